The van der Waals surface area contributed by atoms with Gasteiger partial charge in [0.05, 0.1) is 35.9 Å². The summed E-state index contributed by atoms with van der Waals surface area (Å²) in [6.45, 7) is 14.1. The van der Waals surface area contributed by atoms with Crippen LogP contribution < -0.4 is 5.32 Å². The molecule has 1 atom stereocenters. The van der Waals surface area contributed by atoms with E-state index in [0.29, 0.717) is 12.4 Å². The third-order valence-electron chi connectivity index (χ3n) is 8.38. The van der Waals surface area contributed by atoms with Crippen molar-refractivity contribution in [3.8, 4) is 24.1 Å². The van der Waals surface area contributed by atoms with E-state index in [1.165, 1.54) is 4.73 Å². The van der Waals surface area contributed by atoms with Gasteiger partial charge in [-0.25, -0.2) is 14.8 Å². The number of nitrogens with zero attached hydrogens (tertiary/aromatic N) is 4. The molecule has 0 unspecified atom stereocenters. The first-order chi connectivity index (χ1) is 22.7. The Morgan fingerprint density at radius 3 is 2.62 bits per heavy atom. The largest absolute Gasteiger partial charge is 0.444 e. The van der Waals surface area contributed by atoms with Gasteiger partial charge in [0, 0.05) is 6.54 Å². The van der Waals surface area contributed by atoms with Gasteiger partial charge in [0.25, 0.3) is 0 Å². The highest BCUT2D eigenvalue weighted by Crippen LogP contribution is 2.37. The maximum Gasteiger partial charge on any atom is 0.410 e. The molecule has 9 heteroatoms. The molecule has 2 aromatic heterocycles. The Kier molecular flexibility index (Phi) is 12.3. The number of likely N-dealkylation sites (tertiary alicyclic amines) is 1. The Labute approximate surface area is 279 Å². The van der Waals surface area contributed by atoms with Gasteiger partial charge in [0.15, 0.2) is 5.82 Å². The van der Waals surface area contributed by atoms with Crippen LogP contribution >= 0.6 is 0 Å². The molecule has 1 aliphatic carbocycles. The van der Waals surface area contributed by atoms with Crippen molar-refractivity contribution in [2.75, 3.05) is 13.1 Å². The number of hydrogen-bond donors (Lipinski definition) is 3. The van der Waals surface area contributed by atoms with Crippen molar-refractivity contribution in [3.63, 3.8) is 0 Å². The predicted octanol–water partition coefficient (Wildman–Crippen LogP) is 8.10. The highest BCUT2D eigenvalue weighted by Gasteiger charge is 2.37. The van der Waals surface area contributed by atoms with Crippen molar-refractivity contribution >= 4 is 17.2 Å². The van der Waals surface area contributed by atoms with Crippen molar-refractivity contribution in [1.82, 2.24) is 29.9 Å². The van der Waals surface area contributed by atoms with Gasteiger partial charge in [-0.3, -0.25) is 4.90 Å². The molecule has 3 heterocycles. The van der Waals surface area contributed by atoms with Crippen molar-refractivity contribution in [3.05, 3.63) is 83.9 Å². The summed E-state index contributed by atoms with van der Waals surface area (Å²) in [6.07, 6.45) is 23.0. The lowest BCUT2D eigenvalue weighted by atomic mass is 9.95. The zero-order valence-corrected chi connectivity index (χ0v) is 28.4. The standard InChI is InChI=1S/C36H48N6O3.C2H2/c1-6-21-37-24-32-38-23-29(39-32)27-18-16-26(17-19-27)25(7-2)15-20-28-12-9-8-10-13-30-33(28)40-34(42(30)44)31-14-11-22-41(31)35(43)45-36(3,4)5;1-2/h7,15-20,23,31,37,44H,2,6,8-14,21-22,24H2,1,3-5H3,(H,38,39);1-2H/b25-15+,28-20+;/t31-;/m0./s1. The van der Waals surface area contributed by atoms with Crippen LogP contribution in [0.2, 0.25) is 0 Å². The normalized spacial score (nSPS) is 17.7. The molecule has 1 aliphatic heterocycles. The Morgan fingerprint density at radius 2 is 1.91 bits per heavy atom. The summed E-state index contributed by atoms with van der Waals surface area (Å²) < 4.78 is 6.93. The van der Waals surface area contributed by atoms with Crippen molar-refractivity contribution < 1.29 is 14.7 Å². The van der Waals surface area contributed by atoms with Gasteiger partial charge in [-0.1, -0.05) is 62.4 Å². The van der Waals surface area contributed by atoms with Crippen LogP contribution in [0.1, 0.15) is 107 Å². The van der Waals surface area contributed by atoms with Crippen LogP contribution in [-0.4, -0.2) is 54.6 Å². The number of fused-ring (bicyclic) bond motifs is 1. The lowest BCUT2D eigenvalue weighted by Gasteiger charge is -2.28. The third kappa shape index (κ3) is 8.83. The summed E-state index contributed by atoms with van der Waals surface area (Å²) >= 11 is 0. The lowest BCUT2D eigenvalue weighted by molar-refractivity contribution is 0.0199. The number of terminal acetylenes is 1. The number of aromatic amines is 1. The fraction of sp³-hybridized carbons (Fsp3) is 0.447. The van der Waals surface area contributed by atoms with Crippen LogP contribution in [-0.2, 0) is 17.7 Å². The molecule has 2 aliphatic rings. The first kappa shape index (κ1) is 35.3. The van der Waals surface area contributed by atoms with E-state index in [1.54, 1.807) is 4.90 Å². The SMILES string of the molecule is C#C.C=C/C(=C\C=C1/CCCCCc2c1nc([C@@H]1CCCN1C(=O)OC(C)(C)C)n2O)c1ccc(-c2cnc(CNCCC)[nH]2)cc1. The third-order valence-corrected chi connectivity index (χ3v) is 8.38. The minimum Gasteiger partial charge on any atom is -0.444 e. The molecule has 3 N–H and O–H groups in total. The summed E-state index contributed by atoms with van der Waals surface area (Å²) in [6, 6.07) is 8.08. The van der Waals surface area contributed by atoms with Crippen LogP contribution in [0.3, 0.4) is 0 Å². The summed E-state index contributed by atoms with van der Waals surface area (Å²) in [7, 11) is 0. The molecule has 0 radical (unpaired) electrons. The molecule has 0 saturated carbocycles. The van der Waals surface area contributed by atoms with Gasteiger partial charge < -0.3 is 20.2 Å². The van der Waals surface area contributed by atoms with Crippen LogP contribution in [0.5, 0.6) is 0 Å². The van der Waals surface area contributed by atoms with Gasteiger partial charge in [0.2, 0.25) is 0 Å². The quantitative estimate of drug-likeness (QED) is 0.0946. The smallest absolute Gasteiger partial charge is 0.410 e. The fourth-order valence-corrected chi connectivity index (χ4v) is 6.10. The molecular formula is C38H50N6O3. The molecule has 5 rings (SSSR count). The van der Waals surface area contributed by atoms with Crippen molar-refractivity contribution in [2.24, 2.45) is 0 Å². The summed E-state index contributed by atoms with van der Waals surface area (Å²) in [4.78, 5) is 27.7. The molecule has 9 nitrogen and oxygen atoms in total. The van der Waals surface area contributed by atoms with Crippen LogP contribution in [0.25, 0.3) is 22.4 Å². The van der Waals surface area contributed by atoms with E-state index in [0.717, 1.165) is 110 Å². The van der Waals surface area contributed by atoms with Crippen molar-refractivity contribution in [2.45, 2.75) is 97.2 Å². The maximum absolute atomic E-state index is 13.0. The number of carbonyl (C=O) groups excluding carboxylic acids is 1. The van der Waals surface area contributed by atoms with E-state index < -0.39 is 5.60 Å². The highest BCUT2D eigenvalue weighted by atomic mass is 16.6. The summed E-state index contributed by atoms with van der Waals surface area (Å²) in [5.41, 5.74) is 6.26. The number of carbonyl (C=O) groups is 1. The number of H-pyrrole nitrogens is 1. The Hall–Kier alpha value is -4.55. The monoisotopic (exact) mass is 638 g/mol. The number of imidazole rings is 2. The van der Waals surface area contributed by atoms with Gasteiger partial charge >= 0.3 is 6.09 Å². The predicted molar refractivity (Wildman–Crippen MR) is 189 cm³/mol. The molecule has 1 amide bonds. The van der Waals surface area contributed by atoms with Crippen molar-refractivity contribution in [1.29, 1.82) is 0 Å². The Bertz CT molecular complexity index is 1590. The van der Waals surface area contributed by atoms with E-state index in [2.05, 4.69) is 78.1 Å². The second-order valence-corrected chi connectivity index (χ2v) is 13.0. The number of amides is 1. The molecular weight excluding hydrogens is 588 g/mol. The van der Waals surface area contributed by atoms with E-state index in [9.17, 15) is 10.0 Å². The Balaban J connectivity index is 0.00000245. The summed E-state index contributed by atoms with van der Waals surface area (Å²) in [5, 5.41) is 14.8. The fourth-order valence-electron chi connectivity index (χ4n) is 6.10. The molecule has 0 bridgehead atoms. The van der Waals surface area contributed by atoms with Gasteiger partial charge in [0.1, 0.15) is 11.4 Å². The number of allylic oxidation sites excluding steroid dienone is 5. The van der Waals surface area contributed by atoms with E-state index in [4.69, 9.17) is 9.72 Å². The van der Waals surface area contributed by atoms with E-state index in [1.807, 2.05) is 33.0 Å². The maximum atomic E-state index is 13.0. The molecule has 0 spiro atoms. The average molecular weight is 639 g/mol. The van der Waals surface area contributed by atoms with E-state index in [-0.39, 0.29) is 12.1 Å². The second kappa shape index (κ2) is 16.3. The number of nitrogens with one attached hydrogen (secondary N) is 2. The minimum absolute atomic E-state index is 0.323. The number of ether oxygens (including phenoxy) is 1. The topological polar surface area (TPSA) is 108 Å². The molecule has 1 saturated heterocycles. The molecule has 1 fully saturated rings. The molecule has 1 aromatic carbocycles. The number of hydrogen-bond acceptors (Lipinski definition) is 6. The number of rotatable bonds is 9. The van der Waals surface area contributed by atoms with Gasteiger partial charge in [-0.05, 0) is 94.5 Å². The van der Waals surface area contributed by atoms with Crippen LogP contribution in [0.4, 0.5) is 4.79 Å². The van der Waals surface area contributed by atoms with Crippen LogP contribution in [0.15, 0.2) is 55.3 Å². The van der Waals surface area contributed by atoms with Crippen LogP contribution in [0, 0.1) is 12.8 Å². The Morgan fingerprint density at radius 1 is 1.17 bits per heavy atom. The average Bonchev–Trinajstić information content (AvgIpc) is 3.79. The second-order valence-electron chi connectivity index (χ2n) is 13.0. The first-order valence-corrected chi connectivity index (χ1v) is 16.7. The zero-order chi connectivity index (χ0) is 34.0. The molecule has 250 valence electrons. The summed E-state index contributed by atoms with van der Waals surface area (Å²) in [5.74, 6) is 1.45. The zero-order valence-electron chi connectivity index (χ0n) is 28.4. The number of benzene rings is 1. The lowest BCUT2D eigenvalue weighted by Crippen LogP contribution is -2.37. The minimum atomic E-state index is -0.590. The number of aromatic nitrogens is 4. The van der Waals surface area contributed by atoms with Gasteiger partial charge in [-0.2, -0.15) is 4.73 Å². The first-order valence-electron chi connectivity index (χ1n) is 16.7. The van der Waals surface area contributed by atoms with Gasteiger partial charge in [-0.15, -0.1) is 12.8 Å². The molecule has 3 aromatic rings. The molecule has 47 heavy (non-hydrogen) atoms. The van der Waals surface area contributed by atoms with E-state index >= 15 is 0 Å². The highest BCUT2D eigenvalue weighted by molar-refractivity contribution is 5.79.